The number of halogens is 2. The molecule has 0 spiro atoms. The maximum Gasteiger partial charge on any atom is 0.336 e. The van der Waals surface area contributed by atoms with Crippen LogP contribution < -0.4 is 0 Å². The van der Waals surface area contributed by atoms with Crippen molar-refractivity contribution < 1.29 is 9.90 Å². The fourth-order valence-corrected chi connectivity index (χ4v) is 3.02. The number of aromatic carboxylic acids is 1. The molecule has 0 saturated heterocycles. The first-order valence-electron chi connectivity index (χ1n) is 4.49. The maximum atomic E-state index is 11.0. The lowest BCUT2D eigenvalue weighted by Gasteiger charge is -2.16. The molecule has 1 aliphatic carbocycles. The minimum absolute atomic E-state index is 0.316. The largest absolute Gasteiger partial charge is 0.478 e. The summed E-state index contributed by atoms with van der Waals surface area (Å²) in [5.74, 6) is -0.903. The van der Waals surface area contributed by atoms with Crippen molar-refractivity contribution in [2.45, 2.75) is 12.8 Å². The van der Waals surface area contributed by atoms with Gasteiger partial charge < -0.3 is 5.11 Å². The summed E-state index contributed by atoms with van der Waals surface area (Å²) in [6, 6.07) is 1.66. The van der Waals surface area contributed by atoms with E-state index in [2.05, 4.69) is 44.0 Å². The molecular formula is C11H8Br2O2. The van der Waals surface area contributed by atoms with E-state index in [-0.39, 0.29) is 0 Å². The van der Waals surface area contributed by atoms with Crippen LogP contribution in [-0.2, 0) is 12.8 Å². The first-order chi connectivity index (χ1) is 7.11. The molecule has 2 rings (SSSR count). The smallest absolute Gasteiger partial charge is 0.336 e. The molecule has 0 aliphatic heterocycles. The Morgan fingerprint density at radius 1 is 1.20 bits per heavy atom. The summed E-state index contributed by atoms with van der Waals surface area (Å²) in [7, 11) is 0. The Balaban J connectivity index is 2.67. The highest BCUT2D eigenvalue weighted by Crippen LogP contribution is 2.34. The van der Waals surface area contributed by atoms with Gasteiger partial charge in [-0.15, -0.1) is 0 Å². The minimum atomic E-state index is -0.903. The summed E-state index contributed by atoms with van der Waals surface area (Å²) in [6.07, 6.45) is 5.80. The summed E-state index contributed by atoms with van der Waals surface area (Å²) in [5.41, 5.74) is 2.56. The van der Waals surface area contributed by atoms with Crippen LogP contribution in [0, 0.1) is 0 Å². The van der Waals surface area contributed by atoms with E-state index >= 15 is 0 Å². The third kappa shape index (κ3) is 1.88. The van der Waals surface area contributed by atoms with Gasteiger partial charge in [-0.1, -0.05) is 28.1 Å². The van der Waals surface area contributed by atoms with Gasteiger partial charge in [0.2, 0.25) is 0 Å². The fraction of sp³-hybridized carbons (Fsp3) is 0.182. The number of fused-ring (bicyclic) bond motifs is 1. The minimum Gasteiger partial charge on any atom is -0.478 e. The van der Waals surface area contributed by atoms with Crippen molar-refractivity contribution in [2.24, 2.45) is 0 Å². The summed E-state index contributed by atoms with van der Waals surface area (Å²) < 4.78 is 1.58. The monoisotopic (exact) mass is 330 g/mol. The third-order valence-electron chi connectivity index (χ3n) is 2.47. The molecule has 0 aromatic heterocycles. The van der Waals surface area contributed by atoms with Gasteiger partial charge in [-0.3, -0.25) is 0 Å². The zero-order chi connectivity index (χ0) is 11.0. The van der Waals surface area contributed by atoms with E-state index in [1.807, 2.05) is 0 Å². The van der Waals surface area contributed by atoms with Crippen molar-refractivity contribution in [1.29, 1.82) is 0 Å². The summed E-state index contributed by atoms with van der Waals surface area (Å²) >= 11 is 6.78. The van der Waals surface area contributed by atoms with Gasteiger partial charge in [-0.2, -0.15) is 0 Å². The molecule has 15 heavy (non-hydrogen) atoms. The third-order valence-corrected chi connectivity index (χ3v) is 4.08. The Labute approximate surface area is 104 Å². The molecule has 0 saturated carbocycles. The van der Waals surface area contributed by atoms with Gasteiger partial charge in [-0.05, 0) is 46.0 Å². The second-order valence-electron chi connectivity index (χ2n) is 3.36. The van der Waals surface area contributed by atoms with E-state index in [1.54, 1.807) is 6.07 Å². The van der Waals surface area contributed by atoms with Crippen LogP contribution in [-0.4, -0.2) is 11.1 Å². The molecule has 0 heterocycles. The SMILES string of the molecule is O=C(O)c1cc(Br)c2c(c1Br)CC=CC2. The summed E-state index contributed by atoms with van der Waals surface area (Å²) in [4.78, 5) is 11.0. The highest BCUT2D eigenvalue weighted by atomic mass is 79.9. The van der Waals surface area contributed by atoms with Crippen molar-refractivity contribution in [3.8, 4) is 0 Å². The molecule has 0 bridgehead atoms. The fourth-order valence-electron chi connectivity index (χ4n) is 1.71. The van der Waals surface area contributed by atoms with Crippen molar-refractivity contribution >= 4 is 37.8 Å². The van der Waals surface area contributed by atoms with Crippen molar-refractivity contribution in [1.82, 2.24) is 0 Å². The molecule has 0 unspecified atom stereocenters. The lowest BCUT2D eigenvalue weighted by molar-refractivity contribution is 0.0695. The van der Waals surface area contributed by atoms with Crippen LogP contribution >= 0.6 is 31.9 Å². The Hall–Kier alpha value is -0.610. The van der Waals surface area contributed by atoms with Crippen LogP contribution in [0.4, 0.5) is 0 Å². The lowest BCUT2D eigenvalue weighted by Crippen LogP contribution is -2.06. The normalized spacial score (nSPS) is 13.7. The Morgan fingerprint density at radius 3 is 2.40 bits per heavy atom. The number of carbonyl (C=O) groups is 1. The van der Waals surface area contributed by atoms with Crippen LogP contribution in [0.1, 0.15) is 21.5 Å². The first-order valence-corrected chi connectivity index (χ1v) is 6.08. The van der Waals surface area contributed by atoms with Crippen LogP contribution in [0.3, 0.4) is 0 Å². The average Bonchev–Trinajstić information content (AvgIpc) is 2.23. The molecule has 1 aliphatic rings. The second kappa shape index (κ2) is 4.10. The molecule has 0 atom stereocenters. The second-order valence-corrected chi connectivity index (χ2v) is 5.01. The Bertz CT molecular complexity index is 464. The molecule has 78 valence electrons. The van der Waals surface area contributed by atoms with Gasteiger partial charge in [0.1, 0.15) is 0 Å². The molecule has 1 aromatic rings. The van der Waals surface area contributed by atoms with E-state index in [0.717, 1.165) is 22.9 Å². The number of hydrogen-bond acceptors (Lipinski definition) is 1. The number of hydrogen-bond donors (Lipinski definition) is 1. The van der Waals surface area contributed by atoms with Gasteiger partial charge in [0, 0.05) is 8.95 Å². The molecule has 1 N–H and O–H groups in total. The van der Waals surface area contributed by atoms with E-state index in [1.165, 1.54) is 5.56 Å². The van der Waals surface area contributed by atoms with Gasteiger partial charge in [-0.25, -0.2) is 4.79 Å². The van der Waals surface area contributed by atoms with Crippen molar-refractivity contribution in [3.63, 3.8) is 0 Å². The van der Waals surface area contributed by atoms with E-state index in [9.17, 15) is 4.79 Å². The van der Waals surface area contributed by atoms with Gasteiger partial charge >= 0.3 is 5.97 Å². The Kier molecular flexibility index (Phi) is 2.98. The van der Waals surface area contributed by atoms with Crippen LogP contribution in [0.25, 0.3) is 0 Å². The van der Waals surface area contributed by atoms with E-state index in [4.69, 9.17) is 5.11 Å². The Morgan fingerprint density at radius 2 is 1.80 bits per heavy atom. The summed E-state index contributed by atoms with van der Waals surface area (Å²) in [6.45, 7) is 0. The zero-order valence-corrected chi connectivity index (χ0v) is 10.9. The van der Waals surface area contributed by atoms with E-state index < -0.39 is 5.97 Å². The number of carboxylic acid groups (broad SMARTS) is 1. The number of allylic oxidation sites excluding steroid dienone is 2. The summed E-state index contributed by atoms with van der Waals surface area (Å²) in [5, 5.41) is 9.02. The highest BCUT2D eigenvalue weighted by molar-refractivity contribution is 9.11. The van der Waals surface area contributed by atoms with E-state index in [0.29, 0.717) is 10.0 Å². The topological polar surface area (TPSA) is 37.3 Å². The number of benzene rings is 1. The predicted molar refractivity (Wildman–Crippen MR) is 65.3 cm³/mol. The van der Waals surface area contributed by atoms with Crippen LogP contribution in [0.15, 0.2) is 27.2 Å². The quantitative estimate of drug-likeness (QED) is 0.799. The standard InChI is InChI=1S/C11H8Br2O2/c12-9-5-8(11(14)15)10(13)7-4-2-1-3-6(7)9/h1-2,5H,3-4H2,(H,14,15). The molecular weight excluding hydrogens is 324 g/mol. The molecule has 1 aromatic carbocycles. The highest BCUT2D eigenvalue weighted by Gasteiger charge is 2.19. The average molecular weight is 332 g/mol. The number of rotatable bonds is 1. The zero-order valence-electron chi connectivity index (χ0n) is 7.76. The van der Waals surface area contributed by atoms with Crippen molar-refractivity contribution in [3.05, 3.63) is 43.9 Å². The van der Waals surface area contributed by atoms with Gasteiger partial charge in [0.25, 0.3) is 0 Å². The maximum absolute atomic E-state index is 11.0. The molecule has 2 nitrogen and oxygen atoms in total. The van der Waals surface area contributed by atoms with Crippen molar-refractivity contribution in [2.75, 3.05) is 0 Å². The molecule has 0 amide bonds. The van der Waals surface area contributed by atoms with Gasteiger partial charge in [0.05, 0.1) is 5.56 Å². The van der Waals surface area contributed by atoms with Gasteiger partial charge in [0.15, 0.2) is 0 Å². The lowest BCUT2D eigenvalue weighted by atomic mass is 9.95. The first kappa shape index (κ1) is 10.9. The molecule has 0 radical (unpaired) electrons. The molecule has 4 heteroatoms. The van der Waals surface area contributed by atoms with Crippen LogP contribution in [0.5, 0.6) is 0 Å². The van der Waals surface area contributed by atoms with Crippen LogP contribution in [0.2, 0.25) is 0 Å². The number of carboxylic acids is 1. The predicted octanol–water partition coefficient (Wildman–Crippen LogP) is 3.56. The molecule has 0 fully saturated rings.